The van der Waals surface area contributed by atoms with E-state index in [9.17, 15) is 0 Å². The third kappa shape index (κ3) is 3.16. The zero-order valence-electron chi connectivity index (χ0n) is 12.2. The first kappa shape index (κ1) is 15.4. The number of methoxy groups -OCH3 is 1. The predicted octanol–water partition coefficient (Wildman–Crippen LogP) is 5.73. The molecule has 0 fully saturated rings. The summed E-state index contributed by atoms with van der Waals surface area (Å²) in [5, 5.41) is 1.09. The fourth-order valence-electron chi connectivity index (χ4n) is 2.57. The van der Waals surface area contributed by atoms with Gasteiger partial charge in [-0.15, -0.1) is 11.6 Å². The molecule has 0 spiro atoms. The van der Waals surface area contributed by atoms with Crippen molar-refractivity contribution in [3.8, 4) is 5.75 Å². The molecule has 0 amide bonds. The van der Waals surface area contributed by atoms with Crippen molar-refractivity contribution in [3.63, 3.8) is 0 Å². The monoisotopic (exact) mass is 378 g/mol. The molecule has 1 aromatic heterocycles. The average molecular weight is 380 g/mol. The molecule has 1 heterocycles. The van der Waals surface area contributed by atoms with Gasteiger partial charge in [0.15, 0.2) is 0 Å². The van der Waals surface area contributed by atoms with Crippen LogP contribution in [0.5, 0.6) is 5.75 Å². The first-order valence-electron chi connectivity index (χ1n) is 7.10. The van der Waals surface area contributed by atoms with Gasteiger partial charge in [-0.1, -0.05) is 28.1 Å². The Morgan fingerprint density at radius 1 is 1.09 bits per heavy atom. The van der Waals surface area contributed by atoms with Crippen molar-refractivity contribution in [2.45, 2.75) is 18.7 Å². The molecule has 2 nitrogen and oxygen atoms in total. The molecule has 0 radical (unpaired) electrons. The molecule has 2 aromatic carbocycles. The second-order valence-corrected chi connectivity index (χ2v) is 6.31. The van der Waals surface area contributed by atoms with E-state index >= 15 is 0 Å². The van der Waals surface area contributed by atoms with E-state index in [-0.39, 0.29) is 0 Å². The molecule has 0 unspecified atom stereocenters. The van der Waals surface area contributed by atoms with E-state index in [2.05, 4.69) is 34.1 Å². The minimum Gasteiger partial charge on any atom is -0.497 e. The number of furan rings is 1. The minimum absolute atomic E-state index is 0.460. The maximum atomic E-state index is 6.13. The lowest BCUT2D eigenvalue weighted by Crippen LogP contribution is -1.93. The van der Waals surface area contributed by atoms with Crippen molar-refractivity contribution in [2.75, 3.05) is 7.11 Å². The molecule has 4 heteroatoms. The summed E-state index contributed by atoms with van der Waals surface area (Å²) in [6.07, 6.45) is 1.75. The van der Waals surface area contributed by atoms with E-state index in [4.69, 9.17) is 20.8 Å². The number of hydrogen-bond acceptors (Lipinski definition) is 2. The second kappa shape index (κ2) is 6.76. The number of aryl methyl sites for hydroxylation is 2. The zero-order valence-corrected chi connectivity index (χ0v) is 14.6. The molecule has 22 heavy (non-hydrogen) atoms. The lowest BCUT2D eigenvalue weighted by Gasteiger charge is -2.03. The number of rotatable bonds is 5. The highest BCUT2D eigenvalue weighted by atomic mass is 79.9. The Balaban J connectivity index is 1.83. The molecule has 0 saturated heterocycles. The van der Waals surface area contributed by atoms with E-state index < -0.39 is 0 Å². The number of fused-ring (bicyclic) bond motifs is 1. The molecule has 3 aromatic rings. The smallest absolute Gasteiger partial charge is 0.134 e. The zero-order chi connectivity index (χ0) is 15.5. The molecule has 3 rings (SSSR count). The summed E-state index contributed by atoms with van der Waals surface area (Å²) in [4.78, 5) is 0. The van der Waals surface area contributed by atoms with Crippen molar-refractivity contribution >= 4 is 38.5 Å². The Morgan fingerprint density at radius 3 is 2.55 bits per heavy atom. The average Bonchev–Trinajstić information content (AvgIpc) is 2.90. The van der Waals surface area contributed by atoms with Crippen LogP contribution in [0.2, 0.25) is 0 Å². The highest BCUT2D eigenvalue weighted by molar-refractivity contribution is 9.10. The summed E-state index contributed by atoms with van der Waals surface area (Å²) in [6, 6.07) is 14.1. The summed E-state index contributed by atoms with van der Waals surface area (Å²) in [5.74, 6) is 2.30. The van der Waals surface area contributed by atoms with Crippen LogP contribution in [0.25, 0.3) is 11.0 Å². The summed E-state index contributed by atoms with van der Waals surface area (Å²) >= 11 is 9.63. The second-order valence-electron chi connectivity index (χ2n) is 5.13. The molecular weight excluding hydrogens is 364 g/mol. The Kier molecular flexibility index (Phi) is 4.74. The van der Waals surface area contributed by atoms with Gasteiger partial charge in [0, 0.05) is 21.8 Å². The van der Waals surface area contributed by atoms with Gasteiger partial charge in [-0.05, 0) is 42.3 Å². The van der Waals surface area contributed by atoms with Crippen LogP contribution >= 0.6 is 27.5 Å². The van der Waals surface area contributed by atoms with Crippen LogP contribution in [0.3, 0.4) is 0 Å². The fraction of sp³-hybridized carbons (Fsp3) is 0.222. The number of alkyl halides is 1. The molecule has 0 atom stereocenters. The summed E-state index contributed by atoms with van der Waals surface area (Å²) in [5.41, 5.74) is 3.23. The third-order valence-corrected chi connectivity index (χ3v) is 4.53. The van der Waals surface area contributed by atoms with Crippen LogP contribution in [0.15, 0.2) is 51.4 Å². The van der Waals surface area contributed by atoms with Crippen molar-refractivity contribution < 1.29 is 9.15 Å². The topological polar surface area (TPSA) is 22.4 Å². The van der Waals surface area contributed by atoms with E-state index in [0.717, 1.165) is 45.4 Å². The molecule has 0 N–H and O–H groups in total. The third-order valence-electron chi connectivity index (χ3n) is 3.77. The first-order chi connectivity index (χ1) is 10.7. The van der Waals surface area contributed by atoms with Crippen LogP contribution in [-0.4, -0.2) is 7.11 Å². The van der Waals surface area contributed by atoms with Gasteiger partial charge < -0.3 is 9.15 Å². The number of hydrogen-bond donors (Lipinski definition) is 0. The van der Waals surface area contributed by atoms with Gasteiger partial charge in [0.05, 0.1) is 13.0 Å². The molecule has 0 saturated carbocycles. The van der Waals surface area contributed by atoms with Gasteiger partial charge in [0.2, 0.25) is 0 Å². The van der Waals surface area contributed by atoms with Crippen LogP contribution in [0.4, 0.5) is 0 Å². The van der Waals surface area contributed by atoms with E-state index in [1.54, 1.807) is 7.11 Å². The fourth-order valence-corrected chi connectivity index (χ4v) is 3.22. The quantitative estimate of drug-likeness (QED) is 0.528. The Bertz CT molecular complexity index is 778. The maximum absolute atomic E-state index is 6.13. The van der Waals surface area contributed by atoms with Gasteiger partial charge in [-0.3, -0.25) is 0 Å². The maximum Gasteiger partial charge on any atom is 0.134 e. The lowest BCUT2D eigenvalue weighted by molar-refractivity contribution is 0.414. The normalized spacial score (nSPS) is 11.0. The molecule has 0 aliphatic rings. The van der Waals surface area contributed by atoms with Crippen molar-refractivity contribution in [1.29, 1.82) is 0 Å². The van der Waals surface area contributed by atoms with Crippen LogP contribution < -0.4 is 4.74 Å². The van der Waals surface area contributed by atoms with E-state index in [1.165, 1.54) is 5.56 Å². The Hall–Kier alpha value is -1.45. The van der Waals surface area contributed by atoms with Gasteiger partial charge in [-0.25, -0.2) is 0 Å². The van der Waals surface area contributed by atoms with Crippen molar-refractivity contribution in [3.05, 3.63) is 63.8 Å². The van der Waals surface area contributed by atoms with E-state index in [0.29, 0.717) is 5.88 Å². The summed E-state index contributed by atoms with van der Waals surface area (Å²) in [7, 11) is 1.67. The summed E-state index contributed by atoms with van der Waals surface area (Å²) in [6.45, 7) is 0. The van der Waals surface area contributed by atoms with Gasteiger partial charge in [0.25, 0.3) is 0 Å². The van der Waals surface area contributed by atoms with Crippen LogP contribution in [0, 0.1) is 0 Å². The molecule has 0 aliphatic carbocycles. The van der Waals surface area contributed by atoms with Gasteiger partial charge in [0.1, 0.15) is 17.1 Å². The molecule has 0 bridgehead atoms. The van der Waals surface area contributed by atoms with E-state index in [1.807, 2.05) is 24.3 Å². The predicted molar refractivity (Wildman–Crippen MR) is 93.9 cm³/mol. The minimum atomic E-state index is 0.460. The van der Waals surface area contributed by atoms with Crippen molar-refractivity contribution in [2.24, 2.45) is 0 Å². The largest absolute Gasteiger partial charge is 0.497 e. The lowest BCUT2D eigenvalue weighted by atomic mass is 10.1. The molecule has 114 valence electrons. The first-order valence-corrected chi connectivity index (χ1v) is 8.42. The number of halogens is 2. The van der Waals surface area contributed by atoms with Crippen LogP contribution in [-0.2, 0) is 18.7 Å². The van der Waals surface area contributed by atoms with Crippen LogP contribution in [0.1, 0.15) is 16.9 Å². The Labute approximate surface area is 143 Å². The standard InChI is InChI=1S/C18H16BrClO2/c1-21-14-6-2-12(3-7-14)4-8-18-16(11-20)15-10-13(19)5-9-17(15)22-18/h2-3,5-7,9-10H,4,8,11H2,1H3. The highest BCUT2D eigenvalue weighted by Gasteiger charge is 2.13. The number of benzene rings is 2. The van der Waals surface area contributed by atoms with Gasteiger partial charge >= 0.3 is 0 Å². The van der Waals surface area contributed by atoms with Gasteiger partial charge in [-0.2, -0.15) is 0 Å². The molecule has 0 aliphatic heterocycles. The summed E-state index contributed by atoms with van der Waals surface area (Å²) < 4.78 is 12.2. The molecular formula is C18H16BrClO2. The highest BCUT2D eigenvalue weighted by Crippen LogP contribution is 2.30. The number of ether oxygens (including phenoxy) is 1. The van der Waals surface area contributed by atoms with Crippen molar-refractivity contribution in [1.82, 2.24) is 0 Å². The Morgan fingerprint density at radius 2 is 1.86 bits per heavy atom. The SMILES string of the molecule is COc1ccc(CCc2oc3ccc(Br)cc3c2CCl)cc1.